The maximum absolute atomic E-state index is 13.0. The summed E-state index contributed by atoms with van der Waals surface area (Å²) >= 11 is 0. The van der Waals surface area contributed by atoms with E-state index in [4.69, 9.17) is 9.47 Å². The van der Waals surface area contributed by atoms with Crippen LogP contribution in [-0.2, 0) is 9.59 Å². The summed E-state index contributed by atoms with van der Waals surface area (Å²) in [6.07, 6.45) is 3.75. The van der Waals surface area contributed by atoms with Crippen molar-refractivity contribution in [2.24, 2.45) is 0 Å². The van der Waals surface area contributed by atoms with Gasteiger partial charge in [0.05, 0.1) is 26.8 Å². The number of aliphatic carboxylic acids is 1. The Kier molecular flexibility index (Phi) is 5.89. The largest absolute Gasteiger partial charge is 0.493 e. The number of carboxylic acids is 1. The first-order chi connectivity index (χ1) is 13.0. The van der Waals surface area contributed by atoms with Crippen LogP contribution in [0.1, 0.15) is 44.2 Å². The summed E-state index contributed by atoms with van der Waals surface area (Å²) in [6, 6.07) is 5.30. The van der Waals surface area contributed by atoms with Crippen LogP contribution in [0.15, 0.2) is 18.2 Å². The number of carbonyl (C=O) groups excluding carboxylic acids is 1. The normalized spacial score (nSPS) is 20.6. The SMILES string of the molecule is COc1ccc(C2CCCN2C(=O)CN(C2CC2)C(C)C(=O)O)cc1OC. The Labute approximate surface area is 159 Å². The number of hydrogen-bond acceptors (Lipinski definition) is 5. The van der Waals surface area contributed by atoms with Gasteiger partial charge in [0.15, 0.2) is 11.5 Å². The van der Waals surface area contributed by atoms with Gasteiger partial charge < -0.3 is 19.5 Å². The predicted molar refractivity (Wildman–Crippen MR) is 100 cm³/mol. The molecule has 2 aliphatic rings. The first-order valence-electron chi connectivity index (χ1n) is 9.46. The average Bonchev–Trinajstić information content (AvgIpc) is 3.39. The Morgan fingerprint density at radius 2 is 1.93 bits per heavy atom. The van der Waals surface area contributed by atoms with E-state index >= 15 is 0 Å². The maximum atomic E-state index is 13.0. The summed E-state index contributed by atoms with van der Waals surface area (Å²) in [5.74, 6) is 0.417. The molecule has 1 aromatic carbocycles. The van der Waals surface area contributed by atoms with Crippen LogP contribution < -0.4 is 9.47 Å². The molecule has 0 radical (unpaired) electrons. The minimum absolute atomic E-state index is 0.00714. The molecule has 1 aliphatic carbocycles. The van der Waals surface area contributed by atoms with Crippen molar-refractivity contribution in [1.29, 1.82) is 0 Å². The van der Waals surface area contributed by atoms with Gasteiger partial charge in [-0.3, -0.25) is 14.5 Å². The van der Waals surface area contributed by atoms with E-state index in [1.165, 1.54) is 0 Å². The number of nitrogens with zero attached hydrogens (tertiary/aromatic N) is 2. The van der Waals surface area contributed by atoms with Crippen molar-refractivity contribution >= 4 is 11.9 Å². The van der Waals surface area contributed by atoms with Crippen molar-refractivity contribution in [3.63, 3.8) is 0 Å². The van der Waals surface area contributed by atoms with Gasteiger partial charge in [-0.05, 0) is 50.3 Å². The Morgan fingerprint density at radius 3 is 2.52 bits per heavy atom. The number of hydrogen-bond donors (Lipinski definition) is 1. The molecule has 0 bridgehead atoms. The van der Waals surface area contributed by atoms with Gasteiger partial charge in [-0.1, -0.05) is 6.07 Å². The molecule has 7 heteroatoms. The van der Waals surface area contributed by atoms with E-state index in [0.717, 1.165) is 31.2 Å². The summed E-state index contributed by atoms with van der Waals surface area (Å²) in [4.78, 5) is 28.1. The van der Waals surface area contributed by atoms with E-state index in [9.17, 15) is 14.7 Å². The molecular weight excluding hydrogens is 348 g/mol. The molecule has 1 aliphatic heterocycles. The fraction of sp³-hybridized carbons (Fsp3) is 0.600. The van der Waals surface area contributed by atoms with E-state index in [-0.39, 0.29) is 24.5 Å². The molecule has 27 heavy (non-hydrogen) atoms. The molecule has 1 saturated heterocycles. The van der Waals surface area contributed by atoms with Crippen LogP contribution >= 0.6 is 0 Å². The minimum Gasteiger partial charge on any atom is -0.493 e. The Hall–Kier alpha value is -2.28. The van der Waals surface area contributed by atoms with Gasteiger partial charge in [0, 0.05) is 12.6 Å². The van der Waals surface area contributed by atoms with E-state index < -0.39 is 12.0 Å². The summed E-state index contributed by atoms with van der Waals surface area (Å²) in [5.41, 5.74) is 1.02. The van der Waals surface area contributed by atoms with E-state index in [2.05, 4.69) is 0 Å². The first-order valence-corrected chi connectivity index (χ1v) is 9.46. The number of carbonyl (C=O) groups is 2. The molecule has 0 aromatic heterocycles. The zero-order chi connectivity index (χ0) is 19.6. The lowest BCUT2D eigenvalue weighted by Gasteiger charge is -2.31. The van der Waals surface area contributed by atoms with E-state index in [1.807, 2.05) is 28.0 Å². The van der Waals surface area contributed by atoms with Gasteiger partial charge in [0.25, 0.3) is 0 Å². The molecule has 2 fully saturated rings. The van der Waals surface area contributed by atoms with Gasteiger partial charge in [0.2, 0.25) is 5.91 Å². The van der Waals surface area contributed by atoms with Gasteiger partial charge in [0.1, 0.15) is 6.04 Å². The lowest BCUT2D eigenvalue weighted by molar-refractivity contribution is -0.144. The van der Waals surface area contributed by atoms with Gasteiger partial charge in [-0.15, -0.1) is 0 Å². The van der Waals surface area contributed by atoms with Gasteiger partial charge in [-0.25, -0.2) is 0 Å². The topological polar surface area (TPSA) is 79.3 Å². The number of amides is 1. The zero-order valence-corrected chi connectivity index (χ0v) is 16.2. The standard InChI is InChI=1S/C20H28N2O5/c1-13(20(24)25)22(15-7-8-15)12-19(23)21-10-4-5-16(21)14-6-9-17(26-2)18(11-14)27-3/h6,9,11,13,15-16H,4-5,7-8,10,12H2,1-3H3,(H,24,25). The molecule has 2 atom stereocenters. The molecule has 3 rings (SSSR count). The molecule has 1 aromatic rings. The second-order valence-corrected chi connectivity index (χ2v) is 7.28. The number of carboxylic acid groups (broad SMARTS) is 1. The summed E-state index contributed by atoms with van der Waals surface area (Å²) < 4.78 is 10.7. The van der Waals surface area contributed by atoms with Crippen LogP contribution in [0.3, 0.4) is 0 Å². The molecule has 1 heterocycles. The number of methoxy groups -OCH3 is 2. The molecule has 1 amide bonds. The number of rotatable bonds is 8. The van der Waals surface area contributed by atoms with Crippen LogP contribution in [0.25, 0.3) is 0 Å². The second-order valence-electron chi connectivity index (χ2n) is 7.28. The highest BCUT2D eigenvalue weighted by molar-refractivity contribution is 5.81. The van der Waals surface area contributed by atoms with Crippen LogP contribution in [0, 0.1) is 0 Å². The smallest absolute Gasteiger partial charge is 0.320 e. The third kappa shape index (κ3) is 4.18. The number of likely N-dealkylation sites (tertiary alicyclic amines) is 1. The highest BCUT2D eigenvalue weighted by Crippen LogP contribution is 2.37. The Bertz CT molecular complexity index is 704. The van der Waals surface area contributed by atoms with Gasteiger partial charge >= 0.3 is 5.97 Å². The molecular formula is C20H28N2O5. The molecule has 7 nitrogen and oxygen atoms in total. The van der Waals surface area contributed by atoms with Crippen molar-refractivity contribution in [3.05, 3.63) is 23.8 Å². The molecule has 2 unspecified atom stereocenters. The third-order valence-corrected chi connectivity index (χ3v) is 5.55. The highest BCUT2D eigenvalue weighted by Gasteiger charge is 2.38. The van der Waals surface area contributed by atoms with Crippen LogP contribution in [0.2, 0.25) is 0 Å². The number of benzene rings is 1. The maximum Gasteiger partial charge on any atom is 0.320 e. The van der Waals surface area contributed by atoms with Crippen molar-refractivity contribution in [3.8, 4) is 11.5 Å². The van der Waals surface area contributed by atoms with Crippen molar-refractivity contribution in [2.75, 3.05) is 27.3 Å². The quantitative estimate of drug-likeness (QED) is 0.750. The fourth-order valence-electron chi connectivity index (χ4n) is 3.85. The minimum atomic E-state index is -0.882. The van der Waals surface area contributed by atoms with Crippen LogP contribution in [-0.4, -0.2) is 66.2 Å². The van der Waals surface area contributed by atoms with Crippen LogP contribution in [0.4, 0.5) is 0 Å². The van der Waals surface area contributed by atoms with E-state index in [0.29, 0.717) is 18.0 Å². The van der Waals surface area contributed by atoms with Crippen molar-refractivity contribution in [2.45, 2.75) is 50.7 Å². The summed E-state index contributed by atoms with van der Waals surface area (Å²) in [5, 5.41) is 9.35. The van der Waals surface area contributed by atoms with E-state index in [1.54, 1.807) is 21.1 Å². The second kappa shape index (κ2) is 8.17. The van der Waals surface area contributed by atoms with Crippen LogP contribution in [0.5, 0.6) is 11.5 Å². The highest BCUT2D eigenvalue weighted by atomic mass is 16.5. The third-order valence-electron chi connectivity index (χ3n) is 5.55. The van der Waals surface area contributed by atoms with Crippen molar-refractivity contribution in [1.82, 2.24) is 9.80 Å². The molecule has 0 spiro atoms. The zero-order valence-electron chi connectivity index (χ0n) is 16.2. The summed E-state index contributed by atoms with van der Waals surface area (Å²) in [6.45, 7) is 2.50. The molecule has 148 valence electrons. The average molecular weight is 376 g/mol. The Balaban J connectivity index is 1.75. The molecule has 1 N–H and O–H groups in total. The predicted octanol–water partition coefficient (Wildman–Crippen LogP) is 2.30. The monoisotopic (exact) mass is 376 g/mol. The summed E-state index contributed by atoms with van der Waals surface area (Å²) in [7, 11) is 3.19. The molecule has 1 saturated carbocycles. The first kappa shape index (κ1) is 19.5. The number of ether oxygens (including phenoxy) is 2. The Morgan fingerprint density at radius 1 is 1.22 bits per heavy atom. The lowest BCUT2D eigenvalue weighted by Crippen LogP contribution is -2.47. The lowest BCUT2D eigenvalue weighted by atomic mass is 10.0. The van der Waals surface area contributed by atoms with Crippen molar-refractivity contribution < 1.29 is 24.2 Å². The van der Waals surface area contributed by atoms with Gasteiger partial charge in [-0.2, -0.15) is 0 Å². The fourth-order valence-corrected chi connectivity index (χ4v) is 3.85.